The number of rotatable bonds is 6. The second kappa shape index (κ2) is 8.31. The first-order valence-corrected chi connectivity index (χ1v) is 8.52. The van der Waals surface area contributed by atoms with Crippen LogP contribution in [-0.4, -0.2) is 18.9 Å². The van der Waals surface area contributed by atoms with Crippen molar-refractivity contribution in [2.45, 2.75) is 12.8 Å². The van der Waals surface area contributed by atoms with Crippen LogP contribution >= 0.6 is 0 Å². The topological polar surface area (TPSA) is 71.3 Å². The van der Waals surface area contributed by atoms with Crippen LogP contribution in [0, 0.1) is 5.82 Å². The molecule has 0 fully saturated rings. The fraction of sp³-hybridized carbons (Fsp3) is 0.143. The summed E-state index contributed by atoms with van der Waals surface area (Å²) >= 11 is 0. The van der Waals surface area contributed by atoms with E-state index < -0.39 is 0 Å². The minimum absolute atomic E-state index is 0.175. The summed E-state index contributed by atoms with van der Waals surface area (Å²) in [6.45, 7) is 0. The molecule has 0 atom stereocenters. The Labute approximate surface area is 156 Å². The highest BCUT2D eigenvalue weighted by molar-refractivity contribution is 5.95. The minimum atomic E-state index is -0.351. The lowest BCUT2D eigenvalue weighted by molar-refractivity contribution is -0.116. The van der Waals surface area contributed by atoms with Crippen molar-refractivity contribution >= 4 is 17.5 Å². The van der Waals surface area contributed by atoms with Gasteiger partial charge in [-0.25, -0.2) is 4.39 Å². The quantitative estimate of drug-likeness (QED) is 0.692. The summed E-state index contributed by atoms with van der Waals surface area (Å²) in [5, 5.41) is 5.31. The molecule has 0 unspecified atom stereocenters. The van der Waals surface area contributed by atoms with E-state index in [2.05, 4.69) is 10.6 Å². The van der Waals surface area contributed by atoms with Gasteiger partial charge in [0.2, 0.25) is 5.91 Å². The molecule has 2 amide bonds. The van der Waals surface area contributed by atoms with Crippen molar-refractivity contribution in [2.75, 3.05) is 12.4 Å². The monoisotopic (exact) mass is 366 g/mol. The van der Waals surface area contributed by atoms with Gasteiger partial charge in [0.15, 0.2) is 0 Å². The molecule has 2 N–H and O–H groups in total. The largest absolute Gasteiger partial charge is 0.461 e. The van der Waals surface area contributed by atoms with Gasteiger partial charge in [-0.05, 0) is 48.5 Å². The van der Waals surface area contributed by atoms with Gasteiger partial charge in [0.1, 0.15) is 17.3 Å². The number of hydrogen-bond acceptors (Lipinski definition) is 3. The van der Waals surface area contributed by atoms with E-state index in [0.717, 1.165) is 0 Å². The van der Waals surface area contributed by atoms with Gasteiger partial charge in [-0.1, -0.05) is 12.1 Å². The van der Waals surface area contributed by atoms with Gasteiger partial charge in [-0.3, -0.25) is 9.59 Å². The Balaban J connectivity index is 1.55. The number of furan rings is 1. The summed E-state index contributed by atoms with van der Waals surface area (Å²) in [7, 11) is 1.56. The first kappa shape index (κ1) is 18.4. The van der Waals surface area contributed by atoms with Crippen LogP contribution in [0.4, 0.5) is 10.1 Å². The molecule has 0 saturated carbocycles. The molecule has 1 heterocycles. The molecule has 27 heavy (non-hydrogen) atoms. The van der Waals surface area contributed by atoms with Gasteiger partial charge in [0.05, 0.1) is 5.56 Å². The standard InChI is InChI=1S/C21H19FN2O3/c1-23-21(26)14-6-8-15(9-7-14)24-20(25)13-11-16-10-12-19(27-16)17-4-2-3-5-18(17)22/h2-10,12H,11,13H2,1H3,(H,23,26)(H,24,25). The number of amides is 2. The zero-order valence-corrected chi connectivity index (χ0v) is 14.8. The molecular formula is C21H19FN2O3. The number of carbonyl (C=O) groups excluding carboxylic acids is 2. The van der Waals surface area contributed by atoms with Crippen molar-refractivity contribution in [2.24, 2.45) is 0 Å². The molecule has 6 heteroatoms. The van der Waals surface area contributed by atoms with E-state index >= 15 is 0 Å². The molecule has 138 valence electrons. The summed E-state index contributed by atoms with van der Waals surface area (Å²) in [5.41, 5.74) is 1.52. The number of benzene rings is 2. The second-order valence-electron chi connectivity index (χ2n) is 5.95. The summed E-state index contributed by atoms with van der Waals surface area (Å²) in [4.78, 5) is 23.6. The van der Waals surface area contributed by atoms with Crippen LogP contribution in [0.15, 0.2) is 65.1 Å². The minimum Gasteiger partial charge on any atom is -0.461 e. The average molecular weight is 366 g/mol. The third-order valence-corrected chi connectivity index (χ3v) is 4.06. The zero-order valence-electron chi connectivity index (χ0n) is 14.8. The summed E-state index contributed by atoms with van der Waals surface area (Å²) in [6, 6.07) is 16.4. The number of nitrogens with one attached hydrogen (secondary N) is 2. The van der Waals surface area contributed by atoms with E-state index in [1.807, 2.05) is 0 Å². The molecule has 2 aromatic carbocycles. The first-order chi connectivity index (χ1) is 13.1. The van der Waals surface area contributed by atoms with Crippen LogP contribution in [0.25, 0.3) is 11.3 Å². The molecule has 0 radical (unpaired) electrons. The normalized spacial score (nSPS) is 10.4. The lowest BCUT2D eigenvalue weighted by Gasteiger charge is -2.06. The highest BCUT2D eigenvalue weighted by atomic mass is 19.1. The van der Waals surface area contributed by atoms with Crippen LogP contribution in [0.1, 0.15) is 22.5 Å². The van der Waals surface area contributed by atoms with Gasteiger partial charge in [0.25, 0.3) is 5.91 Å². The molecular weight excluding hydrogens is 347 g/mol. The van der Waals surface area contributed by atoms with E-state index in [9.17, 15) is 14.0 Å². The third kappa shape index (κ3) is 4.61. The maximum atomic E-state index is 13.8. The number of aryl methyl sites for hydroxylation is 1. The Bertz CT molecular complexity index is 948. The molecule has 3 rings (SSSR count). The van der Waals surface area contributed by atoms with Gasteiger partial charge < -0.3 is 15.1 Å². The summed E-state index contributed by atoms with van der Waals surface area (Å²) < 4.78 is 19.4. The van der Waals surface area contributed by atoms with Crippen molar-refractivity contribution in [1.29, 1.82) is 0 Å². The van der Waals surface area contributed by atoms with Crippen molar-refractivity contribution < 1.29 is 18.4 Å². The predicted octanol–water partition coefficient (Wildman–Crippen LogP) is 4.02. The van der Waals surface area contributed by atoms with Crippen molar-refractivity contribution in [3.8, 4) is 11.3 Å². The first-order valence-electron chi connectivity index (χ1n) is 8.52. The van der Waals surface area contributed by atoms with E-state index in [1.54, 1.807) is 61.6 Å². The van der Waals surface area contributed by atoms with Crippen molar-refractivity contribution in [3.63, 3.8) is 0 Å². The smallest absolute Gasteiger partial charge is 0.251 e. The number of carbonyl (C=O) groups is 2. The summed E-state index contributed by atoms with van der Waals surface area (Å²) in [6.07, 6.45) is 0.623. The highest BCUT2D eigenvalue weighted by Gasteiger charge is 2.11. The lowest BCUT2D eigenvalue weighted by atomic mass is 10.1. The Morgan fingerprint density at radius 3 is 2.44 bits per heavy atom. The number of hydrogen-bond donors (Lipinski definition) is 2. The third-order valence-electron chi connectivity index (χ3n) is 4.06. The highest BCUT2D eigenvalue weighted by Crippen LogP contribution is 2.25. The Morgan fingerprint density at radius 1 is 1.00 bits per heavy atom. The van der Waals surface area contributed by atoms with E-state index in [0.29, 0.717) is 34.8 Å². The molecule has 0 aliphatic carbocycles. The van der Waals surface area contributed by atoms with Gasteiger partial charge >= 0.3 is 0 Å². The number of halogens is 1. The molecule has 1 aromatic heterocycles. The van der Waals surface area contributed by atoms with Crippen molar-refractivity contribution in [3.05, 3.63) is 77.8 Å². The molecule has 0 aliphatic heterocycles. The van der Waals surface area contributed by atoms with Crippen LogP contribution in [0.3, 0.4) is 0 Å². The SMILES string of the molecule is CNC(=O)c1ccc(NC(=O)CCc2ccc(-c3ccccc3F)o2)cc1. The zero-order chi connectivity index (χ0) is 19.2. The second-order valence-corrected chi connectivity index (χ2v) is 5.95. The Hall–Kier alpha value is -3.41. The average Bonchev–Trinajstić information content (AvgIpc) is 3.15. The molecule has 0 bridgehead atoms. The van der Waals surface area contributed by atoms with Crippen LogP contribution in [0.5, 0.6) is 0 Å². The van der Waals surface area contributed by atoms with Crippen LogP contribution in [-0.2, 0) is 11.2 Å². The fourth-order valence-electron chi connectivity index (χ4n) is 2.63. The summed E-state index contributed by atoms with van der Waals surface area (Å²) in [5.74, 6) is 0.339. The molecule has 3 aromatic rings. The van der Waals surface area contributed by atoms with E-state index in [-0.39, 0.29) is 24.1 Å². The Kier molecular flexibility index (Phi) is 5.66. The van der Waals surface area contributed by atoms with Crippen LogP contribution < -0.4 is 10.6 Å². The Morgan fingerprint density at radius 2 is 1.74 bits per heavy atom. The molecule has 0 spiro atoms. The molecule has 5 nitrogen and oxygen atoms in total. The predicted molar refractivity (Wildman–Crippen MR) is 101 cm³/mol. The molecule has 0 aliphatic rings. The van der Waals surface area contributed by atoms with E-state index in [4.69, 9.17) is 4.42 Å². The van der Waals surface area contributed by atoms with Gasteiger partial charge in [0, 0.05) is 31.1 Å². The van der Waals surface area contributed by atoms with E-state index in [1.165, 1.54) is 6.07 Å². The van der Waals surface area contributed by atoms with Gasteiger partial charge in [-0.2, -0.15) is 0 Å². The maximum absolute atomic E-state index is 13.8. The number of anilines is 1. The van der Waals surface area contributed by atoms with Crippen molar-refractivity contribution in [1.82, 2.24) is 5.32 Å². The fourth-order valence-corrected chi connectivity index (χ4v) is 2.63. The van der Waals surface area contributed by atoms with Gasteiger partial charge in [-0.15, -0.1) is 0 Å². The lowest BCUT2D eigenvalue weighted by Crippen LogP contribution is -2.17. The van der Waals surface area contributed by atoms with Crippen LogP contribution in [0.2, 0.25) is 0 Å². The maximum Gasteiger partial charge on any atom is 0.251 e. The molecule has 0 saturated heterocycles.